The summed E-state index contributed by atoms with van der Waals surface area (Å²) in [6.45, 7) is 7.01. The number of pyridine rings is 1. The first kappa shape index (κ1) is 27.0. The predicted molar refractivity (Wildman–Crippen MR) is 154 cm³/mol. The van der Waals surface area contributed by atoms with Crippen LogP contribution in [0, 0.1) is 0 Å². The Bertz CT molecular complexity index is 1600. The van der Waals surface area contributed by atoms with Gasteiger partial charge in [-0.3, -0.25) is 4.79 Å². The topological polar surface area (TPSA) is 102 Å². The van der Waals surface area contributed by atoms with Crippen molar-refractivity contribution in [2.75, 3.05) is 18.0 Å². The lowest BCUT2D eigenvalue weighted by Gasteiger charge is -2.34. The molecule has 0 saturated carbocycles. The van der Waals surface area contributed by atoms with E-state index in [1.165, 1.54) is 0 Å². The number of aromatic nitrogens is 3. The third-order valence-electron chi connectivity index (χ3n) is 7.03. The Kier molecular flexibility index (Phi) is 7.31. The van der Waals surface area contributed by atoms with Crippen molar-refractivity contribution in [2.45, 2.75) is 58.4 Å². The van der Waals surface area contributed by atoms with Crippen LogP contribution in [0.15, 0.2) is 47.3 Å². The van der Waals surface area contributed by atoms with Crippen molar-refractivity contribution in [3.63, 3.8) is 0 Å². The highest BCUT2D eigenvalue weighted by Crippen LogP contribution is 2.31. The van der Waals surface area contributed by atoms with E-state index < -0.39 is 11.7 Å². The Morgan fingerprint density at radius 3 is 2.72 bits per heavy atom. The first-order valence-electron chi connectivity index (χ1n) is 13.2. The average molecular weight is 552 g/mol. The van der Waals surface area contributed by atoms with Gasteiger partial charge in [-0.1, -0.05) is 41.9 Å². The first-order valence-corrected chi connectivity index (χ1v) is 13.5. The van der Waals surface area contributed by atoms with Gasteiger partial charge in [0.25, 0.3) is 5.56 Å². The molecule has 1 aliphatic heterocycles. The first-order chi connectivity index (χ1) is 18.6. The monoisotopic (exact) mass is 551 g/mol. The molecular weight excluding hydrogens is 518 g/mol. The van der Waals surface area contributed by atoms with Gasteiger partial charge in [-0.2, -0.15) is 0 Å². The van der Waals surface area contributed by atoms with Crippen LogP contribution in [0.1, 0.15) is 44.7 Å². The van der Waals surface area contributed by atoms with E-state index in [0.29, 0.717) is 40.6 Å². The highest BCUT2D eigenvalue weighted by Gasteiger charge is 2.29. The number of hydrogen-bond donors (Lipinski definition) is 2. The van der Waals surface area contributed by atoms with E-state index in [-0.39, 0.29) is 18.2 Å². The number of anilines is 1. The molecule has 0 radical (unpaired) electrons. The van der Waals surface area contributed by atoms with Gasteiger partial charge in [0.2, 0.25) is 5.95 Å². The van der Waals surface area contributed by atoms with Gasteiger partial charge < -0.3 is 29.2 Å². The van der Waals surface area contributed by atoms with Crippen LogP contribution < -0.4 is 15.8 Å². The Hall–Kier alpha value is -3.56. The third-order valence-corrected chi connectivity index (χ3v) is 7.40. The number of amides is 1. The number of aliphatic hydroxyl groups excluding tert-OH is 1. The molecule has 5 rings (SSSR count). The summed E-state index contributed by atoms with van der Waals surface area (Å²) in [6, 6.07) is 13.0. The lowest BCUT2D eigenvalue weighted by molar-refractivity contribution is 0.0499. The van der Waals surface area contributed by atoms with Crippen molar-refractivity contribution in [1.29, 1.82) is 0 Å². The summed E-state index contributed by atoms with van der Waals surface area (Å²) in [5.74, 6) is 0.649. The van der Waals surface area contributed by atoms with Crippen LogP contribution >= 0.6 is 11.6 Å². The van der Waals surface area contributed by atoms with Crippen molar-refractivity contribution in [2.24, 2.45) is 7.05 Å². The largest absolute Gasteiger partial charge is 0.444 e. The fourth-order valence-electron chi connectivity index (χ4n) is 5.21. The SMILES string of the molecule is Cn1c(=O)c2c(nc(N3CCC[C@@H](NC(=O)OC(C)(C)C)C3)n2Cc2ccccc2Cl)c2ccc(CO)cc21. The van der Waals surface area contributed by atoms with E-state index in [2.05, 4.69) is 10.2 Å². The normalized spacial score (nSPS) is 16.2. The molecule has 39 heavy (non-hydrogen) atoms. The number of aliphatic hydroxyl groups is 1. The summed E-state index contributed by atoms with van der Waals surface area (Å²) in [5.41, 5.74) is 2.62. The van der Waals surface area contributed by atoms with Crippen molar-refractivity contribution < 1.29 is 14.6 Å². The van der Waals surface area contributed by atoms with E-state index in [1.807, 2.05) is 67.8 Å². The van der Waals surface area contributed by atoms with Gasteiger partial charge >= 0.3 is 6.09 Å². The standard InChI is InChI=1S/C29H34ClN5O4/c1-29(2,3)39-28(38)31-20-9-7-13-34(16-20)27-32-24-21-12-11-18(17-36)14-23(21)33(4)26(37)25(24)35(27)15-19-8-5-6-10-22(19)30/h5-6,8,10-12,14,20,36H,7,9,13,15-17H2,1-4H3,(H,31,38)/t20-/m1/s1. The number of fused-ring (bicyclic) bond motifs is 3. The number of carbonyl (C=O) groups excluding carboxylic acids is 1. The molecular formula is C29H34ClN5O4. The van der Waals surface area contributed by atoms with Gasteiger partial charge in [0, 0.05) is 36.6 Å². The molecule has 0 bridgehead atoms. The molecule has 0 unspecified atom stereocenters. The van der Waals surface area contributed by atoms with Gasteiger partial charge in [0.15, 0.2) is 0 Å². The molecule has 1 fully saturated rings. The number of piperidine rings is 1. The van der Waals surface area contributed by atoms with E-state index >= 15 is 0 Å². The summed E-state index contributed by atoms with van der Waals surface area (Å²) in [7, 11) is 1.74. The molecule has 0 aliphatic carbocycles. The Balaban J connectivity index is 1.62. The molecule has 2 N–H and O–H groups in total. The average Bonchev–Trinajstić information content (AvgIpc) is 3.26. The van der Waals surface area contributed by atoms with Crippen LogP contribution in [-0.4, -0.2) is 50.1 Å². The number of imidazole rings is 1. The second-order valence-electron chi connectivity index (χ2n) is 11.1. The molecule has 1 aliphatic rings. The summed E-state index contributed by atoms with van der Waals surface area (Å²) in [4.78, 5) is 33.4. The molecule has 9 nitrogen and oxygen atoms in total. The number of halogens is 1. The molecule has 1 amide bonds. The number of hydrogen-bond acceptors (Lipinski definition) is 6. The zero-order valence-corrected chi connectivity index (χ0v) is 23.5. The number of ether oxygens (including phenoxy) is 1. The minimum absolute atomic E-state index is 0.117. The summed E-state index contributed by atoms with van der Waals surface area (Å²) in [5, 5.41) is 14.1. The van der Waals surface area contributed by atoms with Crippen LogP contribution in [0.3, 0.4) is 0 Å². The molecule has 206 valence electrons. The third kappa shape index (κ3) is 5.46. The number of nitrogens with zero attached hydrogens (tertiary/aromatic N) is 4. The fourth-order valence-corrected chi connectivity index (χ4v) is 5.40. The summed E-state index contributed by atoms with van der Waals surface area (Å²) >= 11 is 6.55. The van der Waals surface area contributed by atoms with Crippen LogP contribution in [0.2, 0.25) is 5.02 Å². The zero-order valence-electron chi connectivity index (χ0n) is 22.7. The number of aryl methyl sites for hydroxylation is 1. The number of benzene rings is 2. The van der Waals surface area contributed by atoms with E-state index in [0.717, 1.165) is 35.9 Å². The van der Waals surface area contributed by atoms with Crippen molar-refractivity contribution in [3.05, 3.63) is 69.0 Å². The fraction of sp³-hybridized carbons (Fsp3) is 0.414. The molecule has 4 aromatic rings. The van der Waals surface area contributed by atoms with E-state index in [4.69, 9.17) is 21.3 Å². The van der Waals surface area contributed by atoms with Crippen LogP contribution in [0.5, 0.6) is 0 Å². The van der Waals surface area contributed by atoms with E-state index in [1.54, 1.807) is 11.6 Å². The van der Waals surface area contributed by atoms with Crippen molar-refractivity contribution in [1.82, 2.24) is 19.4 Å². The maximum atomic E-state index is 13.8. The molecule has 1 atom stereocenters. The molecule has 1 saturated heterocycles. The van der Waals surface area contributed by atoms with Crippen LogP contribution in [0.25, 0.3) is 21.9 Å². The van der Waals surface area contributed by atoms with Crippen LogP contribution in [0.4, 0.5) is 10.7 Å². The number of alkyl carbamates (subject to hydrolysis) is 1. The van der Waals surface area contributed by atoms with E-state index in [9.17, 15) is 14.7 Å². The summed E-state index contributed by atoms with van der Waals surface area (Å²) in [6.07, 6.45) is 1.21. The molecule has 3 heterocycles. The highest BCUT2D eigenvalue weighted by atomic mass is 35.5. The molecule has 0 spiro atoms. The van der Waals surface area contributed by atoms with Crippen molar-refractivity contribution in [3.8, 4) is 0 Å². The maximum absolute atomic E-state index is 13.8. The second-order valence-corrected chi connectivity index (χ2v) is 11.5. The van der Waals surface area contributed by atoms with Gasteiger partial charge in [-0.15, -0.1) is 0 Å². The highest BCUT2D eigenvalue weighted by molar-refractivity contribution is 6.31. The maximum Gasteiger partial charge on any atom is 0.407 e. The number of carbonyl (C=O) groups is 1. The van der Waals surface area contributed by atoms with Gasteiger partial charge in [0.05, 0.1) is 18.7 Å². The van der Waals surface area contributed by atoms with Gasteiger partial charge in [-0.05, 0) is 56.9 Å². The molecule has 10 heteroatoms. The minimum Gasteiger partial charge on any atom is -0.444 e. The Morgan fingerprint density at radius 2 is 2.00 bits per heavy atom. The minimum atomic E-state index is -0.585. The lowest BCUT2D eigenvalue weighted by atomic mass is 10.1. The van der Waals surface area contributed by atoms with Gasteiger partial charge in [-0.25, -0.2) is 9.78 Å². The smallest absolute Gasteiger partial charge is 0.407 e. The lowest BCUT2D eigenvalue weighted by Crippen LogP contribution is -2.49. The molecule has 2 aromatic heterocycles. The zero-order chi connectivity index (χ0) is 27.9. The second kappa shape index (κ2) is 10.5. The van der Waals surface area contributed by atoms with Gasteiger partial charge in [0.1, 0.15) is 16.6 Å². The number of rotatable bonds is 5. The van der Waals surface area contributed by atoms with Crippen LogP contribution in [-0.2, 0) is 24.9 Å². The Labute approximate surface area is 232 Å². The Morgan fingerprint density at radius 1 is 1.23 bits per heavy atom. The number of nitrogens with one attached hydrogen (secondary N) is 1. The molecule has 2 aromatic carbocycles. The quantitative estimate of drug-likeness (QED) is 0.376. The predicted octanol–water partition coefficient (Wildman–Crippen LogP) is 4.58. The van der Waals surface area contributed by atoms with Crippen molar-refractivity contribution >= 4 is 45.6 Å². The summed E-state index contributed by atoms with van der Waals surface area (Å²) < 4.78 is 9.02.